The molecule has 5 heteroatoms. The highest BCUT2D eigenvalue weighted by atomic mass is 16.5. The molecule has 1 aliphatic rings. The molecule has 2 heterocycles. The van der Waals surface area contributed by atoms with Crippen molar-refractivity contribution >= 4 is 0 Å². The third-order valence-corrected chi connectivity index (χ3v) is 2.60. The van der Waals surface area contributed by atoms with Gasteiger partial charge in [-0.15, -0.1) is 0 Å². The van der Waals surface area contributed by atoms with E-state index in [0.717, 1.165) is 44.1 Å². The maximum Gasteiger partial charge on any atom is 0.156 e. The van der Waals surface area contributed by atoms with Gasteiger partial charge in [0.15, 0.2) is 11.6 Å². The van der Waals surface area contributed by atoms with Crippen molar-refractivity contribution in [2.75, 3.05) is 13.2 Å². The van der Waals surface area contributed by atoms with Crippen molar-refractivity contribution in [2.45, 2.75) is 38.8 Å². The average molecular weight is 210 g/mol. The van der Waals surface area contributed by atoms with Crippen LogP contribution in [0.15, 0.2) is 0 Å². The summed E-state index contributed by atoms with van der Waals surface area (Å²) in [7, 11) is 0. The van der Waals surface area contributed by atoms with Gasteiger partial charge in [0.25, 0.3) is 0 Å². The summed E-state index contributed by atoms with van der Waals surface area (Å²) in [6.07, 6.45) is 3.04. The smallest absolute Gasteiger partial charge is 0.156 e. The van der Waals surface area contributed by atoms with E-state index in [2.05, 4.69) is 10.1 Å². The second-order valence-electron chi connectivity index (χ2n) is 3.73. The van der Waals surface area contributed by atoms with Crippen LogP contribution in [0.1, 0.15) is 37.5 Å². The topological polar surface area (TPSA) is 66.0 Å². The Morgan fingerprint density at radius 1 is 1.60 bits per heavy atom. The predicted octanol–water partition coefficient (Wildman–Crippen LogP) is 0.651. The molecule has 15 heavy (non-hydrogen) atoms. The fraction of sp³-hybridized carbons (Fsp3) is 0.800. The number of aryl methyl sites for hydroxylation is 1. The maximum absolute atomic E-state index is 5.65. The minimum Gasteiger partial charge on any atom is -0.371 e. The number of hydrogen-bond donors (Lipinski definition) is 1. The summed E-state index contributed by atoms with van der Waals surface area (Å²) in [6, 6.07) is 0. The van der Waals surface area contributed by atoms with Crippen molar-refractivity contribution in [3.8, 4) is 0 Å². The monoisotopic (exact) mass is 210 g/mol. The Morgan fingerprint density at radius 2 is 2.47 bits per heavy atom. The molecule has 1 unspecified atom stereocenters. The molecule has 0 saturated carbocycles. The summed E-state index contributed by atoms with van der Waals surface area (Å²) in [5, 5.41) is 4.42. The third kappa shape index (κ3) is 2.18. The van der Waals surface area contributed by atoms with Gasteiger partial charge in [-0.1, -0.05) is 0 Å². The minimum absolute atomic E-state index is 0.128. The first kappa shape index (κ1) is 10.6. The summed E-state index contributed by atoms with van der Waals surface area (Å²) >= 11 is 0. The number of nitrogens with two attached hydrogens (primary N) is 1. The number of aromatic nitrogens is 3. The van der Waals surface area contributed by atoms with Crippen LogP contribution in [0.5, 0.6) is 0 Å². The van der Waals surface area contributed by atoms with E-state index in [1.165, 1.54) is 0 Å². The molecule has 2 rings (SSSR count). The van der Waals surface area contributed by atoms with Gasteiger partial charge in [0.2, 0.25) is 0 Å². The molecule has 0 aliphatic carbocycles. The van der Waals surface area contributed by atoms with Crippen LogP contribution in [-0.2, 0) is 17.7 Å². The largest absolute Gasteiger partial charge is 0.371 e. The van der Waals surface area contributed by atoms with Crippen LogP contribution >= 0.6 is 0 Å². The van der Waals surface area contributed by atoms with E-state index in [1.54, 1.807) is 0 Å². The standard InChI is InChI=1S/C10H18N4O/c1-2-15-8-4-3-7-14-10(8)12-9(13-14)5-6-11/h8H,2-7,11H2,1H3. The Kier molecular flexibility index (Phi) is 3.33. The van der Waals surface area contributed by atoms with E-state index < -0.39 is 0 Å². The van der Waals surface area contributed by atoms with Crippen LogP contribution in [0.2, 0.25) is 0 Å². The maximum atomic E-state index is 5.65. The lowest BCUT2D eigenvalue weighted by atomic mass is 10.1. The number of hydrogen-bond acceptors (Lipinski definition) is 4. The van der Waals surface area contributed by atoms with Crippen LogP contribution in [0.3, 0.4) is 0 Å². The highest BCUT2D eigenvalue weighted by Crippen LogP contribution is 2.26. The molecule has 1 aliphatic heterocycles. The zero-order chi connectivity index (χ0) is 10.7. The van der Waals surface area contributed by atoms with Gasteiger partial charge in [-0.3, -0.25) is 0 Å². The number of ether oxygens (including phenoxy) is 1. The molecule has 0 amide bonds. The van der Waals surface area contributed by atoms with Gasteiger partial charge in [-0.05, 0) is 26.3 Å². The highest BCUT2D eigenvalue weighted by molar-refractivity contribution is 5.00. The van der Waals surface area contributed by atoms with Crippen molar-refractivity contribution in [1.29, 1.82) is 0 Å². The second-order valence-corrected chi connectivity index (χ2v) is 3.73. The SMILES string of the molecule is CCOC1CCCn2nc(CCN)nc21. The van der Waals surface area contributed by atoms with Crippen LogP contribution in [0.4, 0.5) is 0 Å². The van der Waals surface area contributed by atoms with Crippen LogP contribution < -0.4 is 5.73 Å². The lowest BCUT2D eigenvalue weighted by Crippen LogP contribution is -2.19. The lowest BCUT2D eigenvalue weighted by Gasteiger charge is -2.21. The van der Waals surface area contributed by atoms with E-state index in [0.29, 0.717) is 6.54 Å². The number of fused-ring (bicyclic) bond motifs is 1. The van der Waals surface area contributed by atoms with Crippen molar-refractivity contribution in [3.63, 3.8) is 0 Å². The van der Waals surface area contributed by atoms with E-state index in [4.69, 9.17) is 10.5 Å². The fourth-order valence-corrected chi connectivity index (χ4v) is 1.96. The summed E-state index contributed by atoms with van der Waals surface area (Å²) in [5.41, 5.74) is 5.49. The molecule has 2 N–H and O–H groups in total. The van der Waals surface area contributed by atoms with E-state index >= 15 is 0 Å². The summed E-state index contributed by atoms with van der Waals surface area (Å²) < 4.78 is 7.61. The molecule has 0 aromatic carbocycles. The predicted molar refractivity (Wildman–Crippen MR) is 56.4 cm³/mol. The molecule has 0 saturated heterocycles. The lowest BCUT2D eigenvalue weighted by molar-refractivity contribution is 0.0349. The molecule has 1 atom stereocenters. The molecule has 84 valence electrons. The zero-order valence-corrected chi connectivity index (χ0v) is 9.15. The summed E-state index contributed by atoms with van der Waals surface area (Å²) in [6.45, 7) is 4.29. The molecule has 0 fully saturated rings. The Labute approximate surface area is 89.6 Å². The van der Waals surface area contributed by atoms with Gasteiger partial charge < -0.3 is 10.5 Å². The Hall–Kier alpha value is -0.940. The molecule has 1 aromatic rings. The molecule has 0 spiro atoms. The Morgan fingerprint density at radius 3 is 3.20 bits per heavy atom. The normalized spacial score (nSPS) is 20.3. The number of nitrogens with zero attached hydrogens (tertiary/aromatic N) is 3. The molecular weight excluding hydrogens is 192 g/mol. The second kappa shape index (κ2) is 4.72. The first-order valence-electron chi connectivity index (χ1n) is 5.60. The van der Waals surface area contributed by atoms with Crippen molar-refractivity contribution in [1.82, 2.24) is 14.8 Å². The fourth-order valence-electron chi connectivity index (χ4n) is 1.96. The van der Waals surface area contributed by atoms with Crippen molar-refractivity contribution in [3.05, 3.63) is 11.6 Å². The van der Waals surface area contributed by atoms with E-state index in [9.17, 15) is 0 Å². The van der Waals surface area contributed by atoms with Crippen molar-refractivity contribution in [2.24, 2.45) is 5.73 Å². The van der Waals surface area contributed by atoms with Crippen LogP contribution in [0, 0.1) is 0 Å². The molecular formula is C10H18N4O. The van der Waals surface area contributed by atoms with Gasteiger partial charge >= 0.3 is 0 Å². The van der Waals surface area contributed by atoms with Gasteiger partial charge in [-0.2, -0.15) is 5.10 Å². The van der Waals surface area contributed by atoms with Crippen LogP contribution in [0.25, 0.3) is 0 Å². The van der Waals surface area contributed by atoms with Gasteiger partial charge in [-0.25, -0.2) is 9.67 Å². The Bertz CT molecular complexity index is 323. The highest BCUT2D eigenvalue weighted by Gasteiger charge is 2.24. The molecule has 1 aromatic heterocycles. The first-order valence-corrected chi connectivity index (χ1v) is 5.60. The van der Waals surface area contributed by atoms with Crippen LogP contribution in [-0.4, -0.2) is 27.9 Å². The van der Waals surface area contributed by atoms with E-state index in [1.807, 2.05) is 11.6 Å². The minimum atomic E-state index is 0.128. The summed E-state index contributed by atoms with van der Waals surface area (Å²) in [4.78, 5) is 4.49. The van der Waals surface area contributed by atoms with E-state index in [-0.39, 0.29) is 6.10 Å². The van der Waals surface area contributed by atoms with Crippen molar-refractivity contribution < 1.29 is 4.74 Å². The first-order chi connectivity index (χ1) is 7.35. The molecule has 0 radical (unpaired) electrons. The Balaban J connectivity index is 2.18. The molecule has 0 bridgehead atoms. The van der Waals surface area contributed by atoms with Gasteiger partial charge in [0.1, 0.15) is 6.10 Å². The molecule has 5 nitrogen and oxygen atoms in total. The number of rotatable bonds is 4. The third-order valence-electron chi connectivity index (χ3n) is 2.60. The zero-order valence-electron chi connectivity index (χ0n) is 9.15. The van der Waals surface area contributed by atoms with Gasteiger partial charge in [0, 0.05) is 19.6 Å². The quantitative estimate of drug-likeness (QED) is 0.792. The van der Waals surface area contributed by atoms with Gasteiger partial charge in [0.05, 0.1) is 0 Å². The average Bonchev–Trinajstić information content (AvgIpc) is 2.62. The summed E-state index contributed by atoms with van der Waals surface area (Å²) in [5.74, 6) is 1.82.